The Bertz CT molecular complexity index is 1450. The summed E-state index contributed by atoms with van der Waals surface area (Å²) in [6.45, 7) is 5.72. The summed E-state index contributed by atoms with van der Waals surface area (Å²) < 4.78 is 1.52. The molecule has 3 heterocycles. The Kier molecular flexibility index (Phi) is 7.07. The van der Waals surface area contributed by atoms with Gasteiger partial charge in [0.25, 0.3) is 5.91 Å². The van der Waals surface area contributed by atoms with Gasteiger partial charge in [-0.15, -0.1) is 0 Å². The lowest BCUT2D eigenvalue weighted by molar-refractivity contribution is 0.0951. The molecular weight excluding hydrogens is 466 g/mol. The van der Waals surface area contributed by atoms with Crippen LogP contribution in [0.1, 0.15) is 21.5 Å². The molecule has 1 aliphatic heterocycles. The van der Waals surface area contributed by atoms with Crippen molar-refractivity contribution in [2.45, 2.75) is 13.1 Å². The molecule has 0 aliphatic carbocycles. The number of hydrogen-bond acceptors (Lipinski definition) is 6. The third kappa shape index (κ3) is 5.58. The Morgan fingerprint density at radius 1 is 1.03 bits per heavy atom. The number of carbonyl (C=O) groups excluding carboxylic acids is 1. The molecule has 192 valence electrons. The van der Waals surface area contributed by atoms with Gasteiger partial charge < -0.3 is 20.1 Å². The highest BCUT2D eigenvalue weighted by Crippen LogP contribution is 2.23. The van der Waals surface area contributed by atoms with E-state index in [9.17, 15) is 9.59 Å². The number of anilines is 2. The summed E-state index contributed by atoms with van der Waals surface area (Å²) >= 11 is 0. The molecule has 0 saturated carbocycles. The van der Waals surface area contributed by atoms with Gasteiger partial charge in [0.2, 0.25) is 0 Å². The molecule has 9 heteroatoms. The molecule has 0 spiro atoms. The van der Waals surface area contributed by atoms with Gasteiger partial charge in [-0.05, 0) is 54.6 Å². The third-order valence-corrected chi connectivity index (χ3v) is 7.07. The fourth-order valence-electron chi connectivity index (χ4n) is 4.64. The lowest BCUT2D eigenvalue weighted by atomic mass is 10.1. The van der Waals surface area contributed by atoms with Crippen LogP contribution < -0.4 is 15.9 Å². The number of aryl methyl sites for hydroxylation is 1. The number of aromatic nitrogens is 3. The Morgan fingerprint density at radius 3 is 2.59 bits per heavy atom. The van der Waals surface area contributed by atoms with Crippen LogP contribution in [0.2, 0.25) is 0 Å². The zero-order valence-corrected chi connectivity index (χ0v) is 21.6. The van der Waals surface area contributed by atoms with Gasteiger partial charge in [0, 0.05) is 70.8 Å². The van der Waals surface area contributed by atoms with Crippen LogP contribution >= 0.6 is 0 Å². The van der Waals surface area contributed by atoms with Crippen molar-refractivity contribution in [1.82, 2.24) is 29.7 Å². The van der Waals surface area contributed by atoms with Gasteiger partial charge in [0.15, 0.2) is 0 Å². The Labute approximate surface area is 216 Å². The molecule has 2 aromatic carbocycles. The molecule has 2 aromatic heterocycles. The van der Waals surface area contributed by atoms with E-state index in [-0.39, 0.29) is 11.6 Å². The maximum atomic E-state index is 12.7. The third-order valence-electron chi connectivity index (χ3n) is 7.07. The van der Waals surface area contributed by atoms with Crippen LogP contribution in [0.15, 0.2) is 65.6 Å². The largest absolute Gasteiger partial charge is 0.348 e. The predicted molar refractivity (Wildman–Crippen MR) is 146 cm³/mol. The van der Waals surface area contributed by atoms with E-state index in [2.05, 4.69) is 61.3 Å². The average Bonchev–Trinajstić information content (AvgIpc) is 3.21. The normalized spacial score (nSPS) is 14.7. The SMILES string of the molecule is CN1CCN(Cc2cccc(N(C)c3ccc(CNC(=O)c4ccc5c(c4)[nH]c(=O)n5C)cn3)c2)CC1. The second-order valence-corrected chi connectivity index (χ2v) is 9.74. The van der Waals surface area contributed by atoms with Crippen molar-refractivity contribution < 1.29 is 4.79 Å². The van der Waals surface area contributed by atoms with Crippen LogP contribution in [-0.2, 0) is 20.1 Å². The van der Waals surface area contributed by atoms with Crippen molar-refractivity contribution in [3.63, 3.8) is 0 Å². The molecule has 0 atom stereocenters. The second kappa shape index (κ2) is 10.6. The molecule has 9 nitrogen and oxygen atoms in total. The lowest BCUT2D eigenvalue weighted by Crippen LogP contribution is -2.43. The fraction of sp³-hybridized carbons (Fsp3) is 0.321. The van der Waals surface area contributed by atoms with Crippen molar-refractivity contribution in [3.8, 4) is 0 Å². The van der Waals surface area contributed by atoms with Gasteiger partial charge in [0.1, 0.15) is 5.82 Å². The van der Waals surface area contributed by atoms with Gasteiger partial charge in [-0.2, -0.15) is 0 Å². The summed E-state index contributed by atoms with van der Waals surface area (Å²) in [5.41, 5.74) is 4.99. The first-order chi connectivity index (χ1) is 17.9. The smallest absolute Gasteiger partial charge is 0.326 e. The summed E-state index contributed by atoms with van der Waals surface area (Å²) in [5.74, 6) is 0.635. The molecule has 0 bridgehead atoms. The summed E-state index contributed by atoms with van der Waals surface area (Å²) in [5, 5.41) is 2.93. The molecule has 1 amide bonds. The Morgan fingerprint density at radius 2 is 1.84 bits per heavy atom. The van der Waals surface area contributed by atoms with Crippen LogP contribution in [-0.4, -0.2) is 70.5 Å². The minimum absolute atomic E-state index is 0.203. The first-order valence-corrected chi connectivity index (χ1v) is 12.5. The molecule has 5 rings (SSSR count). The number of rotatable bonds is 7. The van der Waals surface area contributed by atoms with Crippen LogP contribution in [0.3, 0.4) is 0 Å². The molecule has 1 saturated heterocycles. The predicted octanol–water partition coefficient (Wildman–Crippen LogP) is 2.71. The molecule has 4 aromatic rings. The maximum Gasteiger partial charge on any atom is 0.326 e. The first kappa shape index (κ1) is 24.7. The number of nitrogens with zero attached hydrogens (tertiary/aromatic N) is 5. The number of aromatic amines is 1. The van der Waals surface area contributed by atoms with Gasteiger partial charge in [-0.3, -0.25) is 14.3 Å². The van der Waals surface area contributed by atoms with Crippen molar-refractivity contribution in [2.75, 3.05) is 45.2 Å². The van der Waals surface area contributed by atoms with Crippen molar-refractivity contribution >= 4 is 28.4 Å². The van der Waals surface area contributed by atoms with E-state index in [4.69, 9.17) is 0 Å². The van der Waals surface area contributed by atoms with Crippen LogP contribution in [0.5, 0.6) is 0 Å². The number of pyridine rings is 1. The zero-order chi connectivity index (χ0) is 25.9. The molecule has 37 heavy (non-hydrogen) atoms. The van der Waals surface area contributed by atoms with E-state index in [1.54, 1.807) is 31.4 Å². The number of hydrogen-bond donors (Lipinski definition) is 2. The number of imidazole rings is 1. The summed E-state index contributed by atoms with van der Waals surface area (Å²) in [6.07, 6.45) is 1.79. The van der Waals surface area contributed by atoms with E-state index >= 15 is 0 Å². The van der Waals surface area contributed by atoms with E-state index in [0.29, 0.717) is 17.6 Å². The van der Waals surface area contributed by atoms with Crippen LogP contribution in [0.4, 0.5) is 11.5 Å². The first-order valence-electron chi connectivity index (χ1n) is 12.5. The average molecular weight is 500 g/mol. The van der Waals surface area contributed by atoms with Gasteiger partial charge in [-0.1, -0.05) is 18.2 Å². The van der Waals surface area contributed by atoms with Crippen molar-refractivity contribution in [1.29, 1.82) is 0 Å². The van der Waals surface area contributed by atoms with E-state index in [0.717, 1.165) is 55.3 Å². The summed E-state index contributed by atoms with van der Waals surface area (Å²) in [7, 11) is 5.89. The molecular formula is C28H33N7O2. The highest BCUT2D eigenvalue weighted by atomic mass is 16.2. The quantitative estimate of drug-likeness (QED) is 0.407. The van der Waals surface area contributed by atoms with Crippen LogP contribution in [0.25, 0.3) is 11.0 Å². The number of benzene rings is 2. The number of likely N-dealkylation sites (N-methyl/N-ethyl adjacent to an activating group) is 1. The summed E-state index contributed by atoms with van der Waals surface area (Å²) in [4.78, 5) is 38.8. The maximum absolute atomic E-state index is 12.7. The highest BCUT2D eigenvalue weighted by Gasteiger charge is 2.15. The standard InChI is InChI=1S/C28H33N7O2/c1-32-11-13-35(14-12-32)19-20-5-4-6-23(15-20)33(2)26-10-7-21(17-29-26)18-30-27(36)22-8-9-25-24(16-22)31-28(37)34(25)3/h4-10,15-17H,11-14,18-19H2,1-3H3,(H,30,36)(H,31,37). The lowest BCUT2D eigenvalue weighted by Gasteiger charge is -2.32. The summed E-state index contributed by atoms with van der Waals surface area (Å²) in [6, 6.07) is 17.7. The Balaban J connectivity index is 1.19. The number of piperazine rings is 1. The van der Waals surface area contributed by atoms with Crippen LogP contribution in [0, 0.1) is 0 Å². The van der Waals surface area contributed by atoms with E-state index in [1.165, 1.54) is 10.1 Å². The number of H-pyrrole nitrogens is 1. The van der Waals surface area contributed by atoms with Gasteiger partial charge in [-0.25, -0.2) is 9.78 Å². The number of amides is 1. The van der Waals surface area contributed by atoms with Gasteiger partial charge >= 0.3 is 5.69 Å². The highest BCUT2D eigenvalue weighted by molar-refractivity contribution is 5.97. The van der Waals surface area contributed by atoms with E-state index in [1.807, 2.05) is 19.2 Å². The number of carbonyl (C=O) groups is 1. The monoisotopic (exact) mass is 499 g/mol. The number of nitrogens with one attached hydrogen (secondary N) is 2. The molecule has 0 radical (unpaired) electrons. The van der Waals surface area contributed by atoms with Crippen molar-refractivity contribution in [3.05, 3.63) is 88.0 Å². The van der Waals surface area contributed by atoms with E-state index < -0.39 is 0 Å². The molecule has 1 aliphatic rings. The second-order valence-electron chi connectivity index (χ2n) is 9.74. The topological polar surface area (TPSA) is 89.5 Å². The molecule has 1 fully saturated rings. The zero-order valence-electron chi connectivity index (χ0n) is 21.6. The van der Waals surface area contributed by atoms with Gasteiger partial charge in [0.05, 0.1) is 11.0 Å². The van der Waals surface area contributed by atoms with Crippen molar-refractivity contribution in [2.24, 2.45) is 7.05 Å². The fourth-order valence-corrected chi connectivity index (χ4v) is 4.64. The molecule has 0 unspecified atom stereocenters. The molecule has 2 N–H and O–H groups in total. The number of fused-ring (bicyclic) bond motifs is 1. The minimum atomic E-state index is -0.204. The minimum Gasteiger partial charge on any atom is -0.348 e. The Hall–Kier alpha value is -3.95.